The predicted molar refractivity (Wildman–Crippen MR) is 72.4 cm³/mol. The van der Waals surface area contributed by atoms with E-state index in [4.69, 9.17) is 5.11 Å². The molecule has 0 unspecified atom stereocenters. The maximum Gasteiger partial charge on any atom is 0.225 e. The van der Waals surface area contributed by atoms with Gasteiger partial charge in [-0.2, -0.15) is 0 Å². The van der Waals surface area contributed by atoms with E-state index in [0.29, 0.717) is 11.8 Å². The van der Waals surface area contributed by atoms with Crippen LogP contribution in [0.15, 0.2) is 30.3 Å². The van der Waals surface area contributed by atoms with Gasteiger partial charge >= 0.3 is 0 Å². The van der Waals surface area contributed by atoms with Gasteiger partial charge in [0.25, 0.3) is 0 Å². The molecule has 3 rings (SSSR count). The van der Waals surface area contributed by atoms with Crippen LogP contribution in [0.3, 0.4) is 0 Å². The Kier molecular flexibility index (Phi) is 3.53. The second-order valence-corrected chi connectivity index (χ2v) is 5.46. The maximum atomic E-state index is 12.2. The van der Waals surface area contributed by atoms with Crippen LogP contribution >= 0.6 is 0 Å². The molecule has 2 aliphatic heterocycles. The first-order valence-electron chi connectivity index (χ1n) is 6.97. The molecule has 2 fully saturated rings. The molecule has 3 atom stereocenters. The van der Waals surface area contributed by atoms with E-state index < -0.39 is 0 Å². The number of hydrogen-bond donors (Lipinski definition) is 2. The first kappa shape index (κ1) is 12.6. The number of aliphatic hydroxyl groups excluding tert-OH is 1. The highest BCUT2D eigenvalue weighted by Crippen LogP contribution is 2.42. The van der Waals surface area contributed by atoms with Crippen LogP contribution < -0.4 is 5.32 Å². The van der Waals surface area contributed by atoms with Crippen molar-refractivity contribution in [2.24, 2.45) is 11.8 Å². The van der Waals surface area contributed by atoms with Gasteiger partial charge in [0.1, 0.15) is 0 Å². The van der Waals surface area contributed by atoms with Crippen molar-refractivity contribution in [3.05, 3.63) is 35.9 Å². The highest BCUT2D eigenvalue weighted by Gasteiger charge is 2.46. The van der Waals surface area contributed by atoms with Gasteiger partial charge in [-0.3, -0.25) is 4.79 Å². The van der Waals surface area contributed by atoms with Gasteiger partial charge < -0.3 is 15.3 Å². The summed E-state index contributed by atoms with van der Waals surface area (Å²) in [5, 5.41) is 12.4. The van der Waals surface area contributed by atoms with Gasteiger partial charge in [0.15, 0.2) is 0 Å². The van der Waals surface area contributed by atoms with Crippen molar-refractivity contribution in [2.75, 3.05) is 26.2 Å². The SMILES string of the molecule is O=C(CCO)N1C[C@@H]2CNC[C@@H]2[C@H]1c1ccccc1. The summed E-state index contributed by atoms with van der Waals surface area (Å²) in [4.78, 5) is 14.2. The van der Waals surface area contributed by atoms with E-state index in [9.17, 15) is 4.79 Å². The Bertz CT molecular complexity index is 449. The number of aliphatic hydroxyl groups is 1. The first-order chi connectivity index (χ1) is 9.31. The average molecular weight is 260 g/mol. The van der Waals surface area contributed by atoms with Crippen LogP contribution in [-0.4, -0.2) is 42.2 Å². The standard InChI is InChI=1S/C15H20N2O2/c18-7-6-14(19)17-10-12-8-16-9-13(12)15(17)11-4-2-1-3-5-11/h1-5,12-13,15-16,18H,6-10H2/t12-,13-,15+/m0/s1. The highest BCUT2D eigenvalue weighted by molar-refractivity contribution is 5.77. The average Bonchev–Trinajstić information content (AvgIpc) is 2.99. The van der Waals surface area contributed by atoms with Crippen molar-refractivity contribution in [2.45, 2.75) is 12.5 Å². The van der Waals surface area contributed by atoms with E-state index in [1.165, 1.54) is 5.56 Å². The molecule has 0 bridgehead atoms. The van der Waals surface area contributed by atoms with E-state index in [2.05, 4.69) is 17.4 Å². The van der Waals surface area contributed by atoms with Crippen molar-refractivity contribution < 1.29 is 9.90 Å². The second kappa shape index (κ2) is 5.31. The largest absolute Gasteiger partial charge is 0.396 e. The second-order valence-electron chi connectivity index (χ2n) is 5.46. The molecule has 4 heteroatoms. The lowest BCUT2D eigenvalue weighted by Gasteiger charge is -2.28. The minimum absolute atomic E-state index is 0.0651. The minimum atomic E-state index is -0.0651. The summed E-state index contributed by atoms with van der Waals surface area (Å²) in [7, 11) is 0. The Balaban J connectivity index is 1.89. The Morgan fingerprint density at radius 2 is 2.11 bits per heavy atom. The fourth-order valence-corrected chi connectivity index (χ4v) is 3.49. The summed E-state index contributed by atoms with van der Waals surface area (Å²) >= 11 is 0. The first-order valence-corrected chi connectivity index (χ1v) is 6.97. The van der Waals surface area contributed by atoms with E-state index in [1.54, 1.807) is 0 Å². The lowest BCUT2D eigenvalue weighted by atomic mass is 9.89. The molecule has 102 valence electrons. The summed E-state index contributed by atoms with van der Waals surface area (Å²) in [6, 6.07) is 10.4. The molecule has 0 aromatic heterocycles. The maximum absolute atomic E-state index is 12.2. The molecule has 19 heavy (non-hydrogen) atoms. The van der Waals surface area contributed by atoms with Gasteiger partial charge in [-0.1, -0.05) is 30.3 Å². The van der Waals surface area contributed by atoms with Gasteiger partial charge in [-0.25, -0.2) is 0 Å². The smallest absolute Gasteiger partial charge is 0.225 e. The van der Waals surface area contributed by atoms with E-state index >= 15 is 0 Å². The molecule has 0 spiro atoms. The van der Waals surface area contributed by atoms with Crippen LogP contribution in [0.1, 0.15) is 18.0 Å². The topological polar surface area (TPSA) is 52.6 Å². The van der Waals surface area contributed by atoms with Crippen molar-refractivity contribution in [1.29, 1.82) is 0 Å². The molecule has 0 aliphatic carbocycles. The number of nitrogens with one attached hydrogen (secondary N) is 1. The van der Waals surface area contributed by atoms with Gasteiger partial charge in [0.2, 0.25) is 5.91 Å². The van der Waals surface area contributed by atoms with Gasteiger partial charge in [0.05, 0.1) is 12.6 Å². The van der Waals surface area contributed by atoms with Crippen LogP contribution in [0.25, 0.3) is 0 Å². The fourth-order valence-electron chi connectivity index (χ4n) is 3.49. The van der Waals surface area contributed by atoms with Gasteiger partial charge in [-0.15, -0.1) is 0 Å². The van der Waals surface area contributed by atoms with Crippen LogP contribution in [0.4, 0.5) is 0 Å². The molecule has 2 N–H and O–H groups in total. The molecule has 2 saturated heterocycles. The van der Waals surface area contributed by atoms with E-state index in [-0.39, 0.29) is 25.0 Å². The van der Waals surface area contributed by atoms with Crippen LogP contribution in [-0.2, 0) is 4.79 Å². The number of carbonyl (C=O) groups excluding carboxylic acids is 1. The van der Waals surface area contributed by atoms with Gasteiger partial charge in [-0.05, 0) is 11.5 Å². The number of nitrogens with zero attached hydrogens (tertiary/aromatic N) is 1. The zero-order chi connectivity index (χ0) is 13.2. The molecule has 1 aromatic rings. The lowest BCUT2D eigenvalue weighted by molar-refractivity contribution is -0.133. The summed E-state index contributed by atoms with van der Waals surface area (Å²) in [6.45, 7) is 2.73. The van der Waals surface area contributed by atoms with Crippen molar-refractivity contribution in [3.8, 4) is 0 Å². The molecule has 4 nitrogen and oxygen atoms in total. The Morgan fingerprint density at radius 1 is 1.32 bits per heavy atom. The molecule has 0 radical (unpaired) electrons. The Labute approximate surface area is 113 Å². The molecule has 2 heterocycles. The number of rotatable bonds is 3. The zero-order valence-corrected chi connectivity index (χ0v) is 11.0. The summed E-state index contributed by atoms with van der Waals surface area (Å²) in [5.41, 5.74) is 1.21. The molecule has 0 saturated carbocycles. The van der Waals surface area contributed by atoms with Crippen LogP contribution in [0, 0.1) is 11.8 Å². The number of amides is 1. The van der Waals surface area contributed by atoms with Crippen LogP contribution in [0.2, 0.25) is 0 Å². The summed E-state index contributed by atoms with van der Waals surface area (Å²) < 4.78 is 0. The number of likely N-dealkylation sites (tertiary alicyclic amines) is 1. The quantitative estimate of drug-likeness (QED) is 0.845. The predicted octanol–water partition coefficient (Wildman–Crippen LogP) is 0.788. The molecular weight excluding hydrogens is 240 g/mol. The number of carbonyl (C=O) groups is 1. The summed E-state index contributed by atoms with van der Waals surface area (Å²) in [6.07, 6.45) is 0.232. The molecule has 1 amide bonds. The highest BCUT2D eigenvalue weighted by atomic mass is 16.3. The third-order valence-corrected chi connectivity index (χ3v) is 4.35. The Morgan fingerprint density at radius 3 is 2.84 bits per heavy atom. The summed E-state index contributed by atoms with van der Waals surface area (Å²) in [5.74, 6) is 1.13. The van der Waals surface area contributed by atoms with Crippen molar-refractivity contribution in [3.63, 3.8) is 0 Å². The third-order valence-electron chi connectivity index (χ3n) is 4.35. The third kappa shape index (κ3) is 2.26. The van der Waals surface area contributed by atoms with Crippen molar-refractivity contribution >= 4 is 5.91 Å². The zero-order valence-electron chi connectivity index (χ0n) is 11.0. The fraction of sp³-hybridized carbons (Fsp3) is 0.533. The molecular formula is C15H20N2O2. The lowest BCUT2D eigenvalue weighted by Crippen LogP contribution is -2.35. The Hall–Kier alpha value is -1.39. The van der Waals surface area contributed by atoms with Crippen LogP contribution in [0.5, 0.6) is 0 Å². The molecule has 2 aliphatic rings. The number of fused-ring (bicyclic) bond motifs is 1. The van der Waals surface area contributed by atoms with E-state index in [1.807, 2.05) is 23.1 Å². The van der Waals surface area contributed by atoms with Gasteiger partial charge in [0, 0.05) is 32.0 Å². The minimum Gasteiger partial charge on any atom is -0.396 e. The van der Waals surface area contributed by atoms with Crippen molar-refractivity contribution in [1.82, 2.24) is 10.2 Å². The van der Waals surface area contributed by atoms with E-state index in [0.717, 1.165) is 19.6 Å². The number of hydrogen-bond acceptors (Lipinski definition) is 3. The molecule has 1 aromatic carbocycles. The normalized spacial score (nSPS) is 29.5. The number of benzene rings is 1. The monoisotopic (exact) mass is 260 g/mol.